The van der Waals surface area contributed by atoms with Crippen LogP contribution in [0.3, 0.4) is 0 Å². The molecule has 0 aliphatic heterocycles. The summed E-state index contributed by atoms with van der Waals surface area (Å²) >= 11 is 0. The molecule has 2 N–H and O–H groups in total. The third kappa shape index (κ3) is 3.88. The molecule has 7 heteroatoms. The maximum atomic E-state index is 13.3. The maximum absolute atomic E-state index is 13.3. The molecule has 0 fully saturated rings. The van der Waals surface area contributed by atoms with Crippen LogP contribution in [0.5, 0.6) is 0 Å². The Morgan fingerprint density at radius 2 is 1.81 bits per heavy atom. The van der Waals surface area contributed by atoms with Crippen molar-refractivity contribution >= 4 is 17.5 Å². The number of furan rings is 1. The molecule has 1 aromatic heterocycles. The third-order valence-electron chi connectivity index (χ3n) is 2.61. The second-order valence-electron chi connectivity index (χ2n) is 4.13. The zero-order valence-corrected chi connectivity index (χ0v) is 10.9. The highest BCUT2D eigenvalue weighted by atomic mass is 19.1. The van der Waals surface area contributed by atoms with Gasteiger partial charge < -0.3 is 15.1 Å². The van der Waals surface area contributed by atoms with E-state index in [1.165, 1.54) is 18.4 Å². The summed E-state index contributed by atoms with van der Waals surface area (Å²) in [6.07, 6.45) is 1.23. The quantitative estimate of drug-likeness (QED) is 0.889. The van der Waals surface area contributed by atoms with Crippen LogP contribution in [0, 0.1) is 11.6 Å². The van der Waals surface area contributed by atoms with E-state index in [4.69, 9.17) is 4.42 Å². The molecule has 0 spiro atoms. The van der Waals surface area contributed by atoms with E-state index in [9.17, 15) is 18.4 Å². The Hall–Kier alpha value is -2.70. The largest absolute Gasteiger partial charge is 0.459 e. The van der Waals surface area contributed by atoms with Gasteiger partial charge in [-0.25, -0.2) is 8.78 Å². The fraction of sp³-hybridized carbons (Fsp3) is 0.143. The lowest BCUT2D eigenvalue weighted by atomic mass is 10.2. The summed E-state index contributed by atoms with van der Waals surface area (Å²) in [6, 6.07) is 6.31. The minimum atomic E-state index is -0.858. The Morgan fingerprint density at radius 3 is 2.43 bits per heavy atom. The van der Waals surface area contributed by atoms with Crippen molar-refractivity contribution in [2.24, 2.45) is 0 Å². The molecule has 0 radical (unpaired) electrons. The molecule has 0 unspecified atom stereocenters. The number of amides is 2. The molecule has 1 heterocycles. The molecular formula is C14H12F2N2O3. The highest BCUT2D eigenvalue weighted by molar-refractivity contribution is 5.93. The van der Waals surface area contributed by atoms with Crippen LogP contribution in [0.1, 0.15) is 17.0 Å². The molecular weight excluding hydrogens is 282 g/mol. The average molecular weight is 294 g/mol. The second-order valence-corrected chi connectivity index (χ2v) is 4.13. The Balaban J connectivity index is 1.82. The number of nitrogens with one attached hydrogen (secondary N) is 2. The summed E-state index contributed by atoms with van der Waals surface area (Å²) < 4.78 is 31.5. The van der Waals surface area contributed by atoms with Crippen LogP contribution in [0.15, 0.2) is 41.0 Å². The topological polar surface area (TPSA) is 71.3 Å². The van der Waals surface area contributed by atoms with Gasteiger partial charge in [0.05, 0.1) is 6.26 Å². The van der Waals surface area contributed by atoms with E-state index in [1.807, 2.05) is 0 Å². The van der Waals surface area contributed by atoms with Gasteiger partial charge in [0.2, 0.25) is 5.91 Å². The molecule has 2 amide bonds. The van der Waals surface area contributed by atoms with Gasteiger partial charge in [0.15, 0.2) is 5.76 Å². The fourth-order valence-corrected chi connectivity index (χ4v) is 1.60. The van der Waals surface area contributed by atoms with E-state index >= 15 is 0 Å². The monoisotopic (exact) mass is 294 g/mol. The molecule has 2 aromatic rings. The third-order valence-corrected chi connectivity index (χ3v) is 2.61. The predicted octanol–water partition coefficient (Wildman–Crippen LogP) is 2.32. The highest BCUT2D eigenvalue weighted by Crippen LogP contribution is 2.17. The smallest absolute Gasteiger partial charge is 0.286 e. The minimum absolute atomic E-state index is 0.0153. The molecule has 1 aromatic carbocycles. The summed E-state index contributed by atoms with van der Waals surface area (Å²) in [6.45, 7) is 0.0153. The summed E-state index contributed by atoms with van der Waals surface area (Å²) in [5, 5.41) is 4.57. The zero-order chi connectivity index (χ0) is 15.2. The average Bonchev–Trinajstić information content (AvgIpc) is 2.97. The zero-order valence-electron chi connectivity index (χ0n) is 10.9. The van der Waals surface area contributed by atoms with Crippen LogP contribution in [-0.2, 0) is 4.79 Å². The van der Waals surface area contributed by atoms with Gasteiger partial charge in [-0.15, -0.1) is 0 Å². The SMILES string of the molecule is O=C(CCNC(=O)c1ccco1)Nc1c(F)cccc1F. The van der Waals surface area contributed by atoms with E-state index in [0.29, 0.717) is 0 Å². The van der Waals surface area contributed by atoms with Crippen molar-refractivity contribution in [2.75, 3.05) is 11.9 Å². The summed E-state index contributed by atoms with van der Waals surface area (Å²) in [7, 11) is 0. The Morgan fingerprint density at radius 1 is 1.10 bits per heavy atom. The number of carbonyl (C=O) groups is 2. The van der Waals surface area contributed by atoms with Gasteiger partial charge in [0, 0.05) is 13.0 Å². The van der Waals surface area contributed by atoms with Crippen LogP contribution < -0.4 is 10.6 Å². The van der Waals surface area contributed by atoms with E-state index in [-0.39, 0.29) is 18.7 Å². The molecule has 0 saturated heterocycles. The van der Waals surface area contributed by atoms with E-state index in [2.05, 4.69) is 10.6 Å². The Bertz CT molecular complexity index is 621. The number of halogens is 2. The molecule has 5 nitrogen and oxygen atoms in total. The lowest BCUT2D eigenvalue weighted by molar-refractivity contribution is -0.116. The van der Waals surface area contributed by atoms with Gasteiger partial charge in [-0.1, -0.05) is 6.07 Å². The first kappa shape index (κ1) is 14.7. The van der Waals surface area contributed by atoms with Gasteiger partial charge in [0.25, 0.3) is 5.91 Å². The first-order valence-corrected chi connectivity index (χ1v) is 6.13. The van der Waals surface area contributed by atoms with Gasteiger partial charge in [-0.3, -0.25) is 9.59 Å². The van der Waals surface area contributed by atoms with Crippen molar-refractivity contribution in [3.05, 3.63) is 54.0 Å². The first-order chi connectivity index (χ1) is 10.1. The Kier molecular flexibility index (Phi) is 4.65. The molecule has 2 rings (SSSR count). The number of para-hydroxylation sites is 1. The highest BCUT2D eigenvalue weighted by Gasteiger charge is 2.12. The van der Waals surface area contributed by atoms with Crippen molar-refractivity contribution < 1.29 is 22.8 Å². The number of hydrogen-bond donors (Lipinski definition) is 2. The van der Waals surface area contributed by atoms with Crippen molar-refractivity contribution in [1.29, 1.82) is 0 Å². The second kappa shape index (κ2) is 6.65. The number of carbonyl (C=O) groups excluding carboxylic acids is 2. The van der Waals surface area contributed by atoms with Crippen molar-refractivity contribution in [3.8, 4) is 0 Å². The van der Waals surface area contributed by atoms with Crippen molar-refractivity contribution in [3.63, 3.8) is 0 Å². The van der Waals surface area contributed by atoms with Crippen LogP contribution in [0.2, 0.25) is 0 Å². The predicted molar refractivity (Wildman–Crippen MR) is 70.6 cm³/mol. The van der Waals surface area contributed by atoms with E-state index in [1.54, 1.807) is 6.07 Å². The molecule has 0 atom stereocenters. The summed E-state index contributed by atoms with van der Waals surface area (Å²) in [5.74, 6) is -2.68. The minimum Gasteiger partial charge on any atom is -0.459 e. The maximum Gasteiger partial charge on any atom is 0.286 e. The Labute approximate surface area is 118 Å². The number of benzene rings is 1. The van der Waals surface area contributed by atoms with Crippen LogP contribution in [0.25, 0.3) is 0 Å². The van der Waals surface area contributed by atoms with Crippen molar-refractivity contribution in [2.45, 2.75) is 6.42 Å². The summed E-state index contributed by atoms with van der Waals surface area (Å²) in [5.41, 5.74) is -0.500. The lowest BCUT2D eigenvalue weighted by Gasteiger charge is -2.07. The number of rotatable bonds is 5. The molecule has 0 bridgehead atoms. The molecule has 110 valence electrons. The standard InChI is InChI=1S/C14H12F2N2O3/c15-9-3-1-4-10(16)13(9)18-12(19)6-7-17-14(20)11-5-2-8-21-11/h1-5,8H,6-7H2,(H,17,20)(H,18,19). The van der Waals surface area contributed by atoms with Gasteiger partial charge in [0.1, 0.15) is 17.3 Å². The first-order valence-electron chi connectivity index (χ1n) is 6.13. The lowest BCUT2D eigenvalue weighted by Crippen LogP contribution is -2.27. The molecule has 0 aliphatic rings. The van der Waals surface area contributed by atoms with Crippen LogP contribution in [-0.4, -0.2) is 18.4 Å². The normalized spacial score (nSPS) is 10.2. The van der Waals surface area contributed by atoms with E-state index in [0.717, 1.165) is 12.1 Å². The van der Waals surface area contributed by atoms with Crippen LogP contribution in [0.4, 0.5) is 14.5 Å². The summed E-state index contributed by atoms with van der Waals surface area (Å²) in [4.78, 5) is 23.1. The van der Waals surface area contributed by atoms with Crippen molar-refractivity contribution in [1.82, 2.24) is 5.32 Å². The van der Waals surface area contributed by atoms with Gasteiger partial charge in [-0.05, 0) is 24.3 Å². The number of hydrogen-bond acceptors (Lipinski definition) is 3. The molecule has 0 aliphatic carbocycles. The van der Waals surface area contributed by atoms with Gasteiger partial charge >= 0.3 is 0 Å². The van der Waals surface area contributed by atoms with E-state index < -0.39 is 29.1 Å². The van der Waals surface area contributed by atoms with Gasteiger partial charge in [-0.2, -0.15) is 0 Å². The molecule has 0 saturated carbocycles. The fourth-order valence-electron chi connectivity index (χ4n) is 1.60. The van der Waals surface area contributed by atoms with Crippen LogP contribution >= 0.6 is 0 Å². The number of anilines is 1. The molecule has 21 heavy (non-hydrogen) atoms.